The highest BCUT2D eigenvalue weighted by atomic mass is 79.9. The van der Waals surface area contributed by atoms with Crippen molar-refractivity contribution in [2.75, 3.05) is 7.11 Å². The molecular formula is C16H15BrN2O2S. The Bertz CT molecular complexity index is 657. The number of carbonyl (C=O) groups is 1. The Morgan fingerprint density at radius 3 is 2.36 bits per heavy atom. The zero-order chi connectivity index (χ0) is 15.9. The van der Waals surface area contributed by atoms with E-state index in [0.29, 0.717) is 17.2 Å². The van der Waals surface area contributed by atoms with E-state index in [-0.39, 0.29) is 5.91 Å². The maximum atomic E-state index is 12.0. The first-order chi connectivity index (χ1) is 10.6. The van der Waals surface area contributed by atoms with Crippen LogP contribution in [0.4, 0.5) is 0 Å². The lowest BCUT2D eigenvalue weighted by Gasteiger charge is -2.10. The number of carbonyl (C=O) groups excluding carboxylic acids is 1. The van der Waals surface area contributed by atoms with Gasteiger partial charge in [-0.2, -0.15) is 0 Å². The van der Waals surface area contributed by atoms with E-state index in [1.807, 2.05) is 36.4 Å². The molecule has 2 rings (SSSR count). The van der Waals surface area contributed by atoms with Crippen LogP contribution in [0.2, 0.25) is 0 Å². The lowest BCUT2D eigenvalue weighted by molar-refractivity contribution is 0.0976. The highest BCUT2D eigenvalue weighted by Gasteiger charge is 2.07. The number of ether oxygens (including phenoxy) is 1. The molecule has 0 fully saturated rings. The highest BCUT2D eigenvalue weighted by Crippen LogP contribution is 2.11. The van der Waals surface area contributed by atoms with E-state index in [2.05, 4.69) is 26.6 Å². The van der Waals surface area contributed by atoms with Crippen LogP contribution in [0.15, 0.2) is 53.0 Å². The van der Waals surface area contributed by atoms with E-state index >= 15 is 0 Å². The molecule has 2 aromatic carbocycles. The second-order valence-corrected chi connectivity index (χ2v) is 5.82. The van der Waals surface area contributed by atoms with E-state index < -0.39 is 0 Å². The van der Waals surface area contributed by atoms with Crippen molar-refractivity contribution in [2.45, 2.75) is 6.54 Å². The molecule has 0 aliphatic heterocycles. The summed E-state index contributed by atoms with van der Waals surface area (Å²) in [6.07, 6.45) is 0. The summed E-state index contributed by atoms with van der Waals surface area (Å²) in [6, 6.07) is 14.7. The SMILES string of the molecule is COc1ccc(CNC(=S)NC(=O)c2ccc(Br)cc2)cc1. The minimum atomic E-state index is -0.236. The van der Waals surface area contributed by atoms with Gasteiger partial charge in [-0.3, -0.25) is 10.1 Å². The van der Waals surface area contributed by atoms with Crippen molar-refractivity contribution in [1.82, 2.24) is 10.6 Å². The zero-order valence-electron chi connectivity index (χ0n) is 11.9. The molecule has 114 valence electrons. The van der Waals surface area contributed by atoms with Gasteiger partial charge < -0.3 is 10.1 Å². The third-order valence-corrected chi connectivity index (χ3v) is 3.72. The van der Waals surface area contributed by atoms with Crippen molar-refractivity contribution in [3.05, 3.63) is 64.1 Å². The fourth-order valence-electron chi connectivity index (χ4n) is 1.75. The summed E-state index contributed by atoms with van der Waals surface area (Å²) in [4.78, 5) is 12.0. The summed E-state index contributed by atoms with van der Waals surface area (Å²) >= 11 is 8.45. The Morgan fingerprint density at radius 2 is 1.77 bits per heavy atom. The summed E-state index contributed by atoms with van der Waals surface area (Å²) in [6.45, 7) is 0.531. The average molecular weight is 379 g/mol. The summed E-state index contributed by atoms with van der Waals surface area (Å²) in [5.74, 6) is 0.564. The summed E-state index contributed by atoms with van der Waals surface area (Å²) in [7, 11) is 1.63. The molecule has 6 heteroatoms. The van der Waals surface area contributed by atoms with Gasteiger partial charge in [0.15, 0.2) is 5.11 Å². The van der Waals surface area contributed by atoms with Crippen LogP contribution in [0, 0.1) is 0 Å². The number of hydrogen-bond donors (Lipinski definition) is 2. The van der Waals surface area contributed by atoms with Gasteiger partial charge in [-0.05, 0) is 54.2 Å². The quantitative estimate of drug-likeness (QED) is 0.801. The van der Waals surface area contributed by atoms with Gasteiger partial charge in [0.2, 0.25) is 0 Å². The minimum Gasteiger partial charge on any atom is -0.497 e. The van der Waals surface area contributed by atoms with Gasteiger partial charge in [-0.1, -0.05) is 28.1 Å². The van der Waals surface area contributed by atoms with Crippen molar-refractivity contribution in [3.63, 3.8) is 0 Å². The molecular weight excluding hydrogens is 364 g/mol. The van der Waals surface area contributed by atoms with Crippen molar-refractivity contribution in [3.8, 4) is 5.75 Å². The molecule has 2 aromatic rings. The van der Waals surface area contributed by atoms with Crippen LogP contribution >= 0.6 is 28.1 Å². The van der Waals surface area contributed by atoms with Crippen LogP contribution in [0.5, 0.6) is 5.75 Å². The van der Waals surface area contributed by atoms with Gasteiger partial charge in [-0.25, -0.2) is 0 Å². The van der Waals surface area contributed by atoms with E-state index in [9.17, 15) is 4.79 Å². The summed E-state index contributed by atoms with van der Waals surface area (Å²) in [5, 5.41) is 5.94. The second-order valence-electron chi connectivity index (χ2n) is 4.49. The monoisotopic (exact) mass is 378 g/mol. The van der Waals surface area contributed by atoms with Crippen LogP contribution in [-0.2, 0) is 6.54 Å². The molecule has 0 atom stereocenters. The Labute approximate surface area is 143 Å². The molecule has 1 amide bonds. The normalized spacial score (nSPS) is 9.91. The molecule has 0 saturated carbocycles. The number of hydrogen-bond acceptors (Lipinski definition) is 3. The number of thiocarbonyl (C=S) groups is 1. The predicted octanol–water partition coefficient (Wildman–Crippen LogP) is 3.26. The molecule has 0 radical (unpaired) electrons. The molecule has 0 spiro atoms. The predicted molar refractivity (Wildman–Crippen MR) is 94.0 cm³/mol. The third-order valence-electron chi connectivity index (χ3n) is 2.95. The van der Waals surface area contributed by atoms with Crippen molar-refractivity contribution in [2.24, 2.45) is 0 Å². The molecule has 0 heterocycles. The van der Waals surface area contributed by atoms with Gasteiger partial charge in [-0.15, -0.1) is 0 Å². The highest BCUT2D eigenvalue weighted by molar-refractivity contribution is 9.10. The van der Waals surface area contributed by atoms with Gasteiger partial charge in [0.25, 0.3) is 5.91 Å². The lowest BCUT2D eigenvalue weighted by Crippen LogP contribution is -2.38. The number of benzene rings is 2. The number of halogens is 1. The lowest BCUT2D eigenvalue weighted by atomic mass is 10.2. The summed E-state index contributed by atoms with van der Waals surface area (Å²) < 4.78 is 6.02. The minimum absolute atomic E-state index is 0.236. The van der Waals surface area contributed by atoms with Crippen LogP contribution in [0.25, 0.3) is 0 Å². The first kappa shape index (κ1) is 16.5. The summed E-state index contributed by atoms with van der Waals surface area (Å²) in [5.41, 5.74) is 1.60. The Hall–Kier alpha value is -1.92. The van der Waals surface area contributed by atoms with Gasteiger partial charge in [0, 0.05) is 16.6 Å². The molecule has 22 heavy (non-hydrogen) atoms. The standard InChI is InChI=1S/C16H15BrN2O2S/c1-21-14-8-2-11(3-9-14)10-18-16(22)19-15(20)12-4-6-13(17)7-5-12/h2-9H,10H2,1H3,(H2,18,19,20,22). The van der Waals surface area contributed by atoms with Gasteiger partial charge >= 0.3 is 0 Å². The molecule has 4 nitrogen and oxygen atoms in total. The smallest absolute Gasteiger partial charge is 0.257 e. The van der Waals surface area contributed by atoms with E-state index in [0.717, 1.165) is 15.8 Å². The van der Waals surface area contributed by atoms with Crippen LogP contribution < -0.4 is 15.4 Å². The number of nitrogens with one attached hydrogen (secondary N) is 2. The third kappa shape index (κ3) is 4.82. The second kappa shape index (κ2) is 7.91. The molecule has 0 saturated heterocycles. The average Bonchev–Trinajstić information content (AvgIpc) is 2.54. The topological polar surface area (TPSA) is 50.4 Å². The van der Waals surface area contributed by atoms with Crippen LogP contribution in [-0.4, -0.2) is 18.1 Å². The molecule has 0 unspecified atom stereocenters. The molecule has 0 bridgehead atoms. The first-order valence-electron chi connectivity index (χ1n) is 6.56. The first-order valence-corrected chi connectivity index (χ1v) is 7.76. The Balaban J connectivity index is 1.84. The van der Waals surface area contributed by atoms with Crippen molar-refractivity contribution >= 4 is 39.2 Å². The zero-order valence-corrected chi connectivity index (χ0v) is 14.3. The van der Waals surface area contributed by atoms with Crippen molar-refractivity contribution in [1.29, 1.82) is 0 Å². The molecule has 0 aliphatic carbocycles. The number of methoxy groups -OCH3 is 1. The van der Waals surface area contributed by atoms with Crippen LogP contribution in [0.1, 0.15) is 15.9 Å². The van der Waals surface area contributed by atoms with Gasteiger partial charge in [0.1, 0.15) is 5.75 Å². The molecule has 2 N–H and O–H groups in total. The Morgan fingerprint density at radius 1 is 1.14 bits per heavy atom. The maximum Gasteiger partial charge on any atom is 0.257 e. The fraction of sp³-hybridized carbons (Fsp3) is 0.125. The number of amides is 1. The largest absolute Gasteiger partial charge is 0.497 e. The maximum absolute atomic E-state index is 12.0. The molecule has 0 aromatic heterocycles. The fourth-order valence-corrected chi connectivity index (χ4v) is 2.18. The molecule has 0 aliphatic rings. The van der Waals surface area contributed by atoms with Gasteiger partial charge in [0.05, 0.1) is 7.11 Å². The Kier molecular flexibility index (Phi) is 5.91. The van der Waals surface area contributed by atoms with E-state index in [4.69, 9.17) is 17.0 Å². The van der Waals surface area contributed by atoms with E-state index in [1.165, 1.54) is 0 Å². The number of rotatable bonds is 4. The van der Waals surface area contributed by atoms with Crippen molar-refractivity contribution < 1.29 is 9.53 Å². The van der Waals surface area contributed by atoms with Crippen LogP contribution in [0.3, 0.4) is 0 Å². The van der Waals surface area contributed by atoms with E-state index in [1.54, 1.807) is 19.2 Å².